The van der Waals surface area contributed by atoms with Gasteiger partial charge >= 0.3 is 0 Å². The van der Waals surface area contributed by atoms with E-state index in [1.807, 2.05) is 34.6 Å². The van der Waals surface area contributed by atoms with E-state index in [0.717, 1.165) is 0 Å². The molecule has 1 atom stereocenters. The normalized spacial score (nSPS) is 25.3. The van der Waals surface area contributed by atoms with Crippen LogP contribution in [0.5, 0.6) is 0 Å². The minimum atomic E-state index is -0.517. The standard InChI is InChI=1S/C11H21NO3/c1-10(2,3)9(13)12-6-8-7-14-11(4,5)15-8/h8H,6-7H2,1-5H3,(H,12,13). The second kappa shape index (κ2) is 4.10. The summed E-state index contributed by atoms with van der Waals surface area (Å²) in [5, 5.41) is 2.86. The lowest BCUT2D eigenvalue weighted by atomic mass is 9.96. The number of hydrogen-bond donors (Lipinski definition) is 1. The van der Waals surface area contributed by atoms with Crippen LogP contribution in [0.15, 0.2) is 0 Å². The smallest absolute Gasteiger partial charge is 0.225 e. The molecule has 1 aliphatic rings. The number of ether oxygens (including phenoxy) is 2. The van der Waals surface area contributed by atoms with Crippen LogP contribution in [-0.4, -0.2) is 30.9 Å². The van der Waals surface area contributed by atoms with Crippen molar-refractivity contribution >= 4 is 5.91 Å². The first kappa shape index (κ1) is 12.5. The summed E-state index contributed by atoms with van der Waals surface area (Å²) in [6, 6.07) is 0. The summed E-state index contributed by atoms with van der Waals surface area (Å²) in [6.45, 7) is 10.5. The highest BCUT2D eigenvalue weighted by Crippen LogP contribution is 2.22. The second-order valence-corrected chi connectivity index (χ2v) is 5.41. The topological polar surface area (TPSA) is 47.6 Å². The van der Waals surface area contributed by atoms with Crippen LogP contribution in [0.2, 0.25) is 0 Å². The van der Waals surface area contributed by atoms with E-state index in [1.165, 1.54) is 0 Å². The maximum absolute atomic E-state index is 11.6. The lowest BCUT2D eigenvalue weighted by Crippen LogP contribution is -2.40. The van der Waals surface area contributed by atoms with Gasteiger partial charge in [0.25, 0.3) is 0 Å². The highest BCUT2D eigenvalue weighted by atomic mass is 16.7. The highest BCUT2D eigenvalue weighted by Gasteiger charge is 2.33. The van der Waals surface area contributed by atoms with Crippen molar-refractivity contribution in [1.29, 1.82) is 0 Å². The molecule has 0 spiro atoms. The van der Waals surface area contributed by atoms with E-state index in [0.29, 0.717) is 13.2 Å². The lowest BCUT2D eigenvalue weighted by molar-refractivity contribution is -0.140. The second-order valence-electron chi connectivity index (χ2n) is 5.41. The van der Waals surface area contributed by atoms with Gasteiger partial charge in [-0.2, -0.15) is 0 Å². The lowest BCUT2D eigenvalue weighted by Gasteiger charge is -2.20. The number of carbonyl (C=O) groups excluding carboxylic acids is 1. The maximum atomic E-state index is 11.6. The Morgan fingerprint density at radius 2 is 2.07 bits per heavy atom. The Hall–Kier alpha value is -0.610. The molecular weight excluding hydrogens is 194 g/mol. The zero-order valence-corrected chi connectivity index (χ0v) is 10.2. The molecule has 4 nitrogen and oxygen atoms in total. The molecule has 0 radical (unpaired) electrons. The van der Waals surface area contributed by atoms with E-state index in [4.69, 9.17) is 9.47 Å². The quantitative estimate of drug-likeness (QED) is 0.755. The van der Waals surface area contributed by atoms with Crippen LogP contribution >= 0.6 is 0 Å². The molecule has 1 heterocycles. The molecule has 1 fully saturated rings. The molecular formula is C11H21NO3. The van der Waals surface area contributed by atoms with Gasteiger partial charge in [-0.05, 0) is 13.8 Å². The van der Waals surface area contributed by atoms with Crippen molar-refractivity contribution in [2.75, 3.05) is 13.2 Å². The van der Waals surface area contributed by atoms with Crippen molar-refractivity contribution < 1.29 is 14.3 Å². The molecule has 0 bridgehead atoms. The van der Waals surface area contributed by atoms with Gasteiger partial charge in [0.15, 0.2) is 5.79 Å². The number of rotatable bonds is 2. The van der Waals surface area contributed by atoms with E-state index in [9.17, 15) is 4.79 Å². The highest BCUT2D eigenvalue weighted by molar-refractivity contribution is 5.81. The molecule has 0 aromatic carbocycles. The summed E-state index contributed by atoms with van der Waals surface area (Å²) < 4.78 is 11.0. The van der Waals surface area contributed by atoms with Gasteiger partial charge in [-0.3, -0.25) is 4.79 Å². The summed E-state index contributed by atoms with van der Waals surface area (Å²) in [4.78, 5) is 11.6. The molecule has 0 saturated carbocycles. The van der Waals surface area contributed by atoms with Gasteiger partial charge in [0.1, 0.15) is 6.10 Å². The van der Waals surface area contributed by atoms with Crippen LogP contribution in [0, 0.1) is 5.41 Å². The van der Waals surface area contributed by atoms with Gasteiger partial charge in [0.05, 0.1) is 6.61 Å². The van der Waals surface area contributed by atoms with Crippen LogP contribution < -0.4 is 5.32 Å². The van der Waals surface area contributed by atoms with E-state index >= 15 is 0 Å². The van der Waals surface area contributed by atoms with Crippen LogP contribution in [0.25, 0.3) is 0 Å². The van der Waals surface area contributed by atoms with Gasteiger partial charge in [0, 0.05) is 12.0 Å². The molecule has 1 unspecified atom stereocenters. The van der Waals surface area contributed by atoms with Crippen molar-refractivity contribution in [2.45, 2.75) is 46.5 Å². The number of amides is 1. The summed E-state index contributed by atoms with van der Waals surface area (Å²) in [5.74, 6) is -0.479. The number of nitrogens with one attached hydrogen (secondary N) is 1. The molecule has 1 rings (SSSR count). The van der Waals surface area contributed by atoms with Crippen LogP contribution in [0.4, 0.5) is 0 Å². The molecule has 1 aliphatic heterocycles. The average Bonchev–Trinajstić information content (AvgIpc) is 2.39. The number of hydrogen-bond acceptors (Lipinski definition) is 3. The van der Waals surface area contributed by atoms with Crippen LogP contribution in [-0.2, 0) is 14.3 Å². The third-order valence-corrected chi connectivity index (χ3v) is 2.24. The first-order valence-corrected chi connectivity index (χ1v) is 5.31. The van der Waals surface area contributed by atoms with Gasteiger partial charge in [-0.1, -0.05) is 20.8 Å². The van der Waals surface area contributed by atoms with Gasteiger partial charge < -0.3 is 14.8 Å². The van der Waals surface area contributed by atoms with Gasteiger partial charge in [-0.25, -0.2) is 0 Å². The predicted molar refractivity (Wildman–Crippen MR) is 57.4 cm³/mol. The van der Waals surface area contributed by atoms with Crippen LogP contribution in [0.3, 0.4) is 0 Å². The maximum Gasteiger partial charge on any atom is 0.225 e. The summed E-state index contributed by atoms with van der Waals surface area (Å²) in [5.41, 5.74) is -0.352. The molecule has 15 heavy (non-hydrogen) atoms. The average molecular weight is 215 g/mol. The van der Waals surface area contributed by atoms with Crippen molar-refractivity contribution in [3.8, 4) is 0 Å². The molecule has 88 valence electrons. The van der Waals surface area contributed by atoms with E-state index < -0.39 is 5.79 Å². The van der Waals surface area contributed by atoms with Crippen LogP contribution in [0.1, 0.15) is 34.6 Å². The molecule has 1 amide bonds. The Balaban J connectivity index is 2.31. The predicted octanol–water partition coefficient (Wildman–Crippen LogP) is 1.30. The zero-order valence-electron chi connectivity index (χ0n) is 10.2. The minimum Gasteiger partial charge on any atom is -0.353 e. The molecule has 0 aliphatic carbocycles. The zero-order chi connectivity index (χ0) is 11.7. The summed E-state index contributed by atoms with van der Waals surface area (Å²) in [6.07, 6.45) is -0.0358. The van der Waals surface area contributed by atoms with E-state index in [-0.39, 0.29) is 17.4 Å². The fourth-order valence-electron chi connectivity index (χ4n) is 1.34. The van der Waals surface area contributed by atoms with Crippen molar-refractivity contribution in [3.63, 3.8) is 0 Å². The molecule has 0 aromatic heterocycles. The Kier molecular flexibility index (Phi) is 3.41. The molecule has 0 aromatic rings. The fraction of sp³-hybridized carbons (Fsp3) is 0.909. The monoisotopic (exact) mass is 215 g/mol. The third kappa shape index (κ3) is 3.80. The molecule has 1 N–H and O–H groups in total. The molecule has 4 heteroatoms. The van der Waals surface area contributed by atoms with Gasteiger partial charge in [-0.15, -0.1) is 0 Å². The third-order valence-electron chi connectivity index (χ3n) is 2.24. The Bertz CT molecular complexity index is 243. The van der Waals surface area contributed by atoms with Crippen molar-refractivity contribution in [3.05, 3.63) is 0 Å². The summed E-state index contributed by atoms with van der Waals surface area (Å²) in [7, 11) is 0. The SMILES string of the molecule is CC1(C)OCC(CNC(=O)C(C)(C)C)O1. The van der Waals surface area contributed by atoms with E-state index in [1.54, 1.807) is 0 Å². The molecule has 1 saturated heterocycles. The Labute approximate surface area is 91.3 Å². The van der Waals surface area contributed by atoms with Gasteiger partial charge in [0.2, 0.25) is 5.91 Å². The summed E-state index contributed by atoms with van der Waals surface area (Å²) >= 11 is 0. The first-order chi connectivity index (χ1) is 6.71. The Morgan fingerprint density at radius 3 is 2.47 bits per heavy atom. The fourth-order valence-corrected chi connectivity index (χ4v) is 1.34. The largest absolute Gasteiger partial charge is 0.353 e. The van der Waals surface area contributed by atoms with E-state index in [2.05, 4.69) is 5.32 Å². The first-order valence-electron chi connectivity index (χ1n) is 5.31. The van der Waals surface area contributed by atoms with Crippen molar-refractivity contribution in [1.82, 2.24) is 5.32 Å². The number of carbonyl (C=O) groups is 1. The van der Waals surface area contributed by atoms with Crippen molar-refractivity contribution in [2.24, 2.45) is 5.41 Å². The Morgan fingerprint density at radius 1 is 1.47 bits per heavy atom. The minimum absolute atomic E-state index is 0.0358.